The third-order valence-corrected chi connectivity index (χ3v) is 4.04. The third kappa shape index (κ3) is 4.44. The Labute approximate surface area is 125 Å². The first-order chi connectivity index (χ1) is 9.19. The van der Waals surface area contributed by atoms with Crippen LogP contribution in [0.1, 0.15) is 18.9 Å². The van der Waals surface area contributed by atoms with E-state index in [1.165, 1.54) is 12.0 Å². The van der Waals surface area contributed by atoms with E-state index in [1.54, 1.807) is 0 Å². The number of hydrogen-bond acceptors (Lipinski definition) is 2. The summed E-state index contributed by atoms with van der Waals surface area (Å²) >= 11 is 3.50. The minimum absolute atomic E-state index is 0.539. The summed E-state index contributed by atoms with van der Waals surface area (Å²) in [7, 11) is 0. The van der Waals surface area contributed by atoms with Gasteiger partial charge >= 0.3 is 0 Å². The lowest BCUT2D eigenvalue weighted by atomic mass is 10.0. The monoisotopic (exact) mass is 322 g/mol. The third-order valence-electron chi connectivity index (χ3n) is 3.78. The van der Waals surface area contributed by atoms with Crippen LogP contribution in [-0.4, -0.2) is 36.6 Å². The van der Waals surface area contributed by atoms with Crippen molar-refractivity contribution in [3.8, 4) is 0 Å². The first-order valence-corrected chi connectivity index (χ1v) is 7.83. The van der Waals surface area contributed by atoms with Crippen LogP contribution in [0.3, 0.4) is 0 Å². The summed E-state index contributed by atoms with van der Waals surface area (Å²) in [5.41, 5.74) is 1.41. The van der Waals surface area contributed by atoms with Gasteiger partial charge in [0, 0.05) is 36.2 Å². The summed E-state index contributed by atoms with van der Waals surface area (Å²) < 4.78 is 1.08. The van der Waals surface area contributed by atoms with Gasteiger partial charge in [0.25, 0.3) is 0 Å². The topological polar surface area (TPSA) is 15.3 Å². The van der Waals surface area contributed by atoms with Crippen molar-refractivity contribution in [2.45, 2.75) is 31.8 Å². The highest BCUT2D eigenvalue weighted by atomic mass is 79.9. The van der Waals surface area contributed by atoms with Crippen LogP contribution in [0.2, 0.25) is 0 Å². The molecule has 1 N–H and O–H groups in total. The van der Waals surface area contributed by atoms with Crippen molar-refractivity contribution >= 4 is 15.9 Å². The largest absolute Gasteiger partial charge is 0.311 e. The van der Waals surface area contributed by atoms with Crippen LogP contribution >= 0.6 is 15.9 Å². The van der Waals surface area contributed by atoms with Crippen molar-refractivity contribution < 1.29 is 0 Å². The zero-order valence-corrected chi connectivity index (χ0v) is 13.2. The molecule has 2 nitrogen and oxygen atoms in total. The fourth-order valence-electron chi connectivity index (χ4n) is 2.78. The van der Waals surface area contributed by atoms with Gasteiger partial charge < -0.3 is 5.32 Å². The number of piperazine rings is 1. The predicted molar refractivity (Wildman–Crippen MR) is 85.7 cm³/mol. The van der Waals surface area contributed by atoms with E-state index in [1.807, 2.05) is 0 Å². The summed E-state index contributed by atoms with van der Waals surface area (Å²) in [4.78, 5) is 2.54. The molecule has 1 fully saturated rings. The molecule has 0 spiro atoms. The van der Waals surface area contributed by atoms with Crippen LogP contribution in [0.25, 0.3) is 0 Å². The second-order valence-corrected chi connectivity index (χ2v) is 6.43. The first kappa shape index (κ1) is 14.8. The molecule has 1 saturated heterocycles. The van der Waals surface area contributed by atoms with Crippen LogP contribution < -0.4 is 5.32 Å². The maximum Gasteiger partial charge on any atom is 0.0298 e. The zero-order valence-electron chi connectivity index (χ0n) is 11.6. The maximum atomic E-state index is 3.98. The second-order valence-electron chi connectivity index (χ2n) is 5.30. The molecule has 19 heavy (non-hydrogen) atoms. The van der Waals surface area contributed by atoms with Gasteiger partial charge in [-0.05, 0) is 18.4 Å². The van der Waals surface area contributed by atoms with Gasteiger partial charge in [0.1, 0.15) is 0 Å². The van der Waals surface area contributed by atoms with Crippen LogP contribution in [0, 0.1) is 0 Å². The minimum atomic E-state index is 0.539. The molecule has 1 heterocycles. The van der Waals surface area contributed by atoms with Gasteiger partial charge in [-0.25, -0.2) is 0 Å². The van der Waals surface area contributed by atoms with E-state index < -0.39 is 0 Å². The van der Waals surface area contributed by atoms with Crippen molar-refractivity contribution in [2.75, 3.05) is 19.6 Å². The van der Waals surface area contributed by atoms with E-state index in [4.69, 9.17) is 0 Å². The predicted octanol–water partition coefficient (Wildman–Crippen LogP) is 3.19. The Hall–Kier alpha value is -0.640. The fraction of sp³-hybridized carbons (Fsp3) is 0.500. The molecule has 0 aliphatic carbocycles. The number of nitrogens with zero attached hydrogens (tertiary/aromatic N) is 1. The number of benzene rings is 1. The van der Waals surface area contributed by atoms with Crippen molar-refractivity contribution in [1.82, 2.24) is 10.2 Å². The maximum absolute atomic E-state index is 3.98. The van der Waals surface area contributed by atoms with E-state index in [0.717, 1.165) is 30.5 Å². The van der Waals surface area contributed by atoms with Crippen molar-refractivity contribution in [2.24, 2.45) is 0 Å². The van der Waals surface area contributed by atoms with Gasteiger partial charge in [-0.3, -0.25) is 4.90 Å². The van der Waals surface area contributed by atoms with Crippen LogP contribution in [-0.2, 0) is 6.42 Å². The van der Waals surface area contributed by atoms with Crippen molar-refractivity contribution in [1.29, 1.82) is 0 Å². The molecule has 1 aliphatic rings. The Kier molecular flexibility index (Phi) is 5.61. The van der Waals surface area contributed by atoms with Crippen molar-refractivity contribution in [3.05, 3.63) is 47.0 Å². The molecule has 0 amide bonds. The molecule has 0 aromatic heterocycles. The number of hydrogen-bond donors (Lipinski definition) is 1. The molecule has 0 bridgehead atoms. The molecular formula is C16H23BrN2. The standard InChI is InChI=1S/C16H23BrN2/c1-3-16-10-18-15(12-19(16)11-13(2)17)9-14-7-5-4-6-8-14/h4-8,15-16,18H,2-3,9-12H2,1H3. The Bertz CT molecular complexity index is 404. The van der Waals surface area contributed by atoms with Crippen LogP contribution in [0.4, 0.5) is 0 Å². The van der Waals surface area contributed by atoms with Gasteiger partial charge in [-0.2, -0.15) is 0 Å². The molecular weight excluding hydrogens is 300 g/mol. The lowest BCUT2D eigenvalue weighted by Crippen LogP contribution is -2.57. The molecule has 3 heteroatoms. The van der Waals surface area contributed by atoms with Gasteiger partial charge in [-0.15, -0.1) is 0 Å². The highest BCUT2D eigenvalue weighted by Crippen LogP contribution is 2.16. The Morgan fingerprint density at radius 2 is 2.16 bits per heavy atom. The average molecular weight is 323 g/mol. The summed E-state index contributed by atoms with van der Waals surface area (Å²) in [6.45, 7) is 9.36. The fourth-order valence-corrected chi connectivity index (χ4v) is 3.10. The smallest absolute Gasteiger partial charge is 0.0298 e. The second kappa shape index (κ2) is 7.22. The van der Waals surface area contributed by atoms with Crippen LogP contribution in [0.5, 0.6) is 0 Å². The SMILES string of the molecule is C=C(Br)CN1CC(Cc2ccccc2)NCC1CC. The summed E-state index contributed by atoms with van der Waals surface area (Å²) in [6.07, 6.45) is 2.29. The number of halogens is 1. The normalized spacial score (nSPS) is 24.3. The summed E-state index contributed by atoms with van der Waals surface area (Å²) in [5.74, 6) is 0. The lowest BCUT2D eigenvalue weighted by Gasteiger charge is -2.40. The zero-order chi connectivity index (χ0) is 13.7. The van der Waals surface area contributed by atoms with Gasteiger partial charge in [-0.1, -0.05) is 59.8 Å². The van der Waals surface area contributed by atoms with E-state index >= 15 is 0 Å². The molecule has 0 saturated carbocycles. The summed E-state index contributed by atoms with van der Waals surface area (Å²) in [6, 6.07) is 11.9. The van der Waals surface area contributed by atoms with Crippen molar-refractivity contribution in [3.63, 3.8) is 0 Å². The van der Waals surface area contributed by atoms with E-state index in [0.29, 0.717) is 12.1 Å². The average Bonchev–Trinajstić information content (AvgIpc) is 2.39. The molecule has 2 rings (SSSR count). The van der Waals surface area contributed by atoms with E-state index in [-0.39, 0.29) is 0 Å². The number of rotatable bonds is 5. The highest BCUT2D eigenvalue weighted by molar-refractivity contribution is 9.11. The first-order valence-electron chi connectivity index (χ1n) is 7.03. The number of nitrogens with one attached hydrogen (secondary N) is 1. The van der Waals surface area contributed by atoms with E-state index in [2.05, 4.69) is 70.0 Å². The summed E-state index contributed by atoms with van der Waals surface area (Å²) in [5, 5.41) is 3.69. The molecule has 1 aliphatic heterocycles. The Balaban J connectivity index is 1.95. The lowest BCUT2D eigenvalue weighted by molar-refractivity contribution is 0.140. The Morgan fingerprint density at radius 1 is 1.42 bits per heavy atom. The molecule has 2 unspecified atom stereocenters. The highest BCUT2D eigenvalue weighted by Gasteiger charge is 2.26. The Morgan fingerprint density at radius 3 is 2.79 bits per heavy atom. The molecule has 104 valence electrons. The quantitative estimate of drug-likeness (QED) is 0.895. The van der Waals surface area contributed by atoms with Crippen LogP contribution in [0.15, 0.2) is 41.4 Å². The van der Waals surface area contributed by atoms with Gasteiger partial charge in [0.05, 0.1) is 0 Å². The van der Waals surface area contributed by atoms with Gasteiger partial charge in [0.15, 0.2) is 0 Å². The van der Waals surface area contributed by atoms with E-state index in [9.17, 15) is 0 Å². The molecule has 1 aromatic carbocycles. The molecule has 1 aromatic rings. The molecule has 0 radical (unpaired) electrons. The molecule has 2 atom stereocenters. The minimum Gasteiger partial charge on any atom is -0.311 e. The van der Waals surface area contributed by atoms with Gasteiger partial charge in [0.2, 0.25) is 0 Å².